The van der Waals surface area contributed by atoms with Crippen LogP contribution in [0.15, 0.2) is 17.0 Å². The van der Waals surface area contributed by atoms with Crippen LogP contribution in [-0.2, 0) is 10.0 Å². The SMILES string of the molecule is Cc1cc(C)c(NS(=O)(=O)c2c(C)n[nH]c2C)c(C)c1. The van der Waals surface area contributed by atoms with Crippen LogP contribution in [0.1, 0.15) is 28.1 Å². The first-order valence-corrected chi connectivity index (χ1v) is 7.83. The van der Waals surface area contributed by atoms with Gasteiger partial charge >= 0.3 is 0 Å². The molecule has 1 heterocycles. The van der Waals surface area contributed by atoms with Crippen LogP contribution in [0.5, 0.6) is 0 Å². The van der Waals surface area contributed by atoms with Gasteiger partial charge in [-0.3, -0.25) is 9.82 Å². The van der Waals surface area contributed by atoms with E-state index in [9.17, 15) is 8.42 Å². The van der Waals surface area contributed by atoms with E-state index in [4.69, 9.17) is 0 Å². The van der Waals surface area contributed by atoms with Crippen LogP contribution in [0.25, 0.3) is 0 Å². The standard InChI is InChI=1S/C14H19N3O2S/c1-8-6-9(2)13(10(3)7-8)17-20(18,19)14-11(4)15-16-12(14)5/h6-7,17H,1-5H3,(H,15,16). The largest absolute Gasteiger partial charge is 0.281 e. The van der Waals surface area contributed by atoms with Crippen LogP contribution in [0.4, 0.5) is 5.69 Å². The van der Waals surface area contributed by atoms with Crippen LogP contribution in [0.3, 0.4) is 0 Å². The van der Waals surface area contributed by atoms with Gasteiger partial charge in [0.15, 0.2) is 0 Å². The van der Waals surface area contributed by atoms with E-state index >= 15 is 0 Å². The molecule has 0 saturated heterocycles. The van der Waals surface area contributed by atoms with Crippen molar-refractivity contribution in [1.29, 1.82) is 0 Å². The van der Waals surface area contributed by atoms with Gasteiger partial charge in [-0.2, -0.15) is 5.10 Å². The highest BCUT2D eigenvalue weighted by Gasteiger charge is 2.23. The maximum Gasteiger partial charge on any atom is 0.265 e. The molecule has 0 spiro atoms. The Bertz CT molecular complexity index is 718. The number of nitrogens with zero attached hydrogens (tertiary/aromatic N) is 1. The molecule has 0 aliphatic carbocycles. The fourth-order valence-corrected chi connectivity index (χ4v) is 4.04. The third-order valence-corrected chi connectivity index (χ3v) is 4.85. The van der Waals surface area contributed by atoms with E-state index in [1.165, 1.54) is 0 Å². The number of nitrogens with one attached hydrogen (secondary N) is 2. The molecule has 0 amide bonds. The zero-order valence-corrected chi connectivity index (χ0v) is 13.1. The number of sulfonamides is 1. The average Bonchev–Trinajstić information content (AvgIpc) is 2.64. The van der Waals surface area contributed by atoms with Crippen molar-refractivity contribution in [3.05, 3.63) is 40.2 Å². The zero-order valence-electron chi connectivity index (χ0n) is 12.3. The smallest absolute Gasteiger partial charge is 0.265 e. The lowest BCUT2D eigenvalue weighted by Gasteiger charge is -2.14. The molecule has 2 aromatic rings. The summed E-state index contributed by atoms with van der Waals surface area (Å²) >= 11 is 0. The Kier molecular flexibility index (Phi) is 3.60. The number of anilines is 1. The summed E-state index contributed by atoms with van der Waals surface area (Å²) in [6.07, 6.45) is 0. The van der Waals surface area contributed by atoms with E-state index in [1.807, 2.05) is 32.9 Å². The Morgan fingerprint density at radius 2 is 1.60 bits per heavy atom. The quantitative estimate of drug-likeness (QED) is 0.913. The second-order valence-electron chi connectivity index (χ2n) is 5.14. The summed E-state index contributed by atoms with van der Waals surface area (Å²) in [6, 6.07) is 3.92. The summed E-state index contributed by atoms with van der Waals surface area (Å²) in [5.41, 5.74) is 4.57. The molecule has 108 valence electrons. The van der Waals surface area contributed by atoms with Crippen molar-refractivity contribution in [2.75, 3.05) is 4.72 Å². The van der Waals surface area contributed by atoms with Gasteiger partial charge < -0.3 is 0 Å². The van der Waals surface area contributed by atoms with Crippen molar-refractivity contribution < 1.29 is 8.42 Å². The number of hydrogen-bond acceptors (Lipinski definition) is 3. The highest BCUT2D eigenvalue weighted by molar-refractivity contribution is 7.92. The molecule has 5 nitrogen and oxygen atoms in total. The third-order valence-electron chi connectivity index (χ3n) is 3.24. The van der Waals surface area contributed by atoms with Crippen LogP contribution in [0.2, 0.25) is 0 Å². The number of aromatic amines is 1. The summed E-state index contributed by atoms with van der Waals surface area (Å²) in [4.78, 5) is 0.219. The Balaban J connectivity index is 2.50. The van der Waals surface area contributed by atoms with Gasteiger partial charge in [0, 0.05) is 0 Å². The first kappa shape index (κ1) is 14.6. The summed E-state index contributed by atoms with van der Waals surface area (Å²) < 4.78 is 27.7. The Morgan fingerprint density at radius 1 is 1.05 bits per heavy atom. The van der Waals surface area contributed by atoms with Crippen molar-refractivity contribution in [3.63, 3.8) is 0 Å². The highest BCUT2D eigenvalue weighted by atomic mass is 32.2. The second-order valence-corrected chi connectivity index (χ2v) is 6.76. The van der Waals surface area contributed by atoms with Crippen LogP contribution < -0.4 is 4.72 Å². The van der Waals surface area contributed by atoms with E-state index in [-0.39, 0.29) is 4.90 Å². The second kappa shape index (κ2) is 4.94. The predicted molar refractivity (Wildman–Crippen MR) is 79.5 cm³/mol. The molecule has 0 aliphatic heterocycles. The van der Waals surface area contributed by atoms with Crippen LogP contribution >= 0.6 is 0 Å². The first-order valence-electron chi connectivity index (χ1n) is 6.34. The lowest BCUT2D eigenvalue weighted by atomic mass is 10.1. The van der Waals surface area contributed by atoms with Crippen molar-refractivity contribution in [2.24, 2.45) is 0 Å². The summed E-state index contributed by atoms with van der Waals surface area (Å²) in [6.45, 7) is 9.15. The number of hydrogen-bond donors (Lipinski definition) is 2. The summed E-state index contributed by atoms with van der Waals surface area (Å²) in [7, 11) is -3.63. The van der Waals surface area contributed by atoms with Crippen LogP contribution in [-0.4, -0.2) is 18.6 Å². The van der Waals surface area contributed by atoms with Crippen molar-refractivity contribution in [2.45, 2.75) is 39.5 Å². The normalized spacial score (nSPS) is 11.7. The highest BCUT2D eigenvalue weighted by Crippen LogP contribution is 2.26. The van der Waals surface area contributed by atoms with Crippen LogP contribution in [0, 0.1) is 34.6 Å². The number of H-pyrrole nitrogens is 1. The zero-order chi connectivity index (χ0) is 15.1. The molecule has 0 saturated carbocycles. The lowest BCUT2D eigenvalue weighted by Crippen LogP contribution is -2.16. The van der Waals surface area contributed by atoms with Gasteiger partial charge in [0.1, 0.15) is 4.90 Å². The molecule has 20 heavy (non-hydrogen) atoms. The van der Waals surface area contributed by atoms with Gasteiger partial charge in [-0.05, 0) is 45.7 Å². The van der Waals surface area contributed by atoms with Gasteiger partial charge in [-0.1, -0.05) is 17.7 Å². The van der Waals surface area contributed by atoms with Gasteiger partial charge in [0.25, 0.3) is 10.0 Å². The van der Waals surface area contributed by atoms with Gasteiger partial charge in [0.05, 0.1) is 17.1 Å². The lowest BCUT2D eigenvalue weighted by molar-refractivity contribution is 0.600. The number of aromatic nitrogens is 2. The molecular formula is C14H19N3O2S. The molecule has 0 fully saturated rings. The third kappa shape index (κ3) is 2.56. The molecular weight excluding hydrogens is 274 g/mol. The van der Waals surface area contributed by atoms with Crippen molar-refractivity contribution >= 4 is 15.7 Å². The van der Waals surface area contributed by atoms with E-state index in [2.05, 4.69) is 14.9 Å². The van der Waals surface area contributed by atoms with E-state index in [1.54, 1.807) is 13.8 Å². The predicted octanol–water partition coefficient (Wildman–Crippen LogP) is 2.75. The molecule has 1 aromatic heterocycles. The molecule has 1 aromatic carbocycles. The molecule has 0 radical (unpaired) electrons. The Labute approximate surface area is 119 Å². The Morgan fingerprint density at radius 3 is 2.05 bits per heavy atom. The van der Waals surface area contributed by atoms with E-state index in [0.717, 1.165) is 16.7 Å². The van der Waals surface area contributed by atoms with E-state index in [0.29, 0.717) is 17.1 Å². The van der Waals surface area contributed by atoms with Crippen molar-refractivity contribution in [3.8, 4) is 0 Å². The van der Waals surface area contributed by atoms with Crippen molar-refractivity contribution in [1.82, 2.24) is 10.2 Å². The minimum Gasteiger partial charge on any atom is -0.281 e. The molecule has 0 unspecified atom stereocenters. The topological polar surface area (TPSA) is 74.8 Å². The van der Waals surface area contributed by atoms with E-state index < -0.39 is 10.0 Å². The van der Waals surface area contributed by atoms with Gasteiger partial charge in [-0.15, -0.1) is 0 Å². The molecule has 0 atom stereocenters. The number of rotatable bonds is 3. The number of aryl methyl sites for hydroxylation is 5. The first-order chi connectivity index (χ1) is 9.22. The fraction of sp³-hybridized carbons (Fsp3) is 0.357. The maximum atomic E-state index is 12.5. The monoisotopic (exact) mass is 293 g/mol. The molecule has 2 rings (SSSR count). The minimum atomic E-state index is -3.63. The summed E-state index contributed by atoms with van der Waals surface area (Å²) in [5, 5.41) is 6.64. The summed E-state index contributed by atoms with van der Waals surface area (Å²) in [5.74, 6) is 0. The van der Waals surface area contributed by atoms with Gasteiger partial charge in [0.2, 0.25) is 0 Å². The minimum absolute atomic E-state index is 0.219. The molecule has 2 N–H and O–H groups in total. The molecule has 0 aliphatic rings. The van der Waals surface area contributed by atoms with Gasteiger partial charge in [-0.25, -0.2) is 8.42 Å². The fourth-order valence-electron chi connectivity index (χ4n) is 2.46. The molecule has 6 heteroatoms. The number of benzene rings is 1. The maximum absolute atomic E-state index is 12.5. The molecule has 0 bridgehead atoms. The Hall–Kier alpha value is -1.82. The average molecular weight is 293 g/mol.